The van der Waals surface area contributed by atoms with E-state index in [-0.39, 0.29) is 28.5 Å². The van der Waals surface area contributed by atoms with Crippen LogP contribution < -0.4 is 14.4 Å². The molecule has 1 N–H and O–H groups in total. The molecule has 2 rings (SSSR count). The molecule has 0 spiro atoms. The number of benzene rings is 2. The van der Waals surface area contributed by atoms with Crippen molar-refractivity contribution >= 4 is 44.6 Å². The molecule has 11 heteroatoms. The normalized spacial score (nSPS) is 12.1. The van der Waals surface area contributed by atoms with Crippen LogP contribution >= 0.6 is 11.6 Å². The summed E-state index contributed by atoms with van der Waals surface area (Å²) in [7, 11) is -2.43. The second kappa shape index (κ2) is 9.10. The Kier molecular flexibility index (Phi) is 7.04. The topological polar surface area (TPSA) is 119 Å². The number of carbonyl (C=O) groups is 1. The van der Waals surface area contributed by atoms with Gasteiger partial charge >= 0.3 is 0 Å². The van der Waals surface area contributed by atoms with Gasteiger partial charge in [0.15, 0.2) is 0 Å². The molecule has 0 heterocycles. The van der Waals surface area contributed by atoms with Crippen molar-refractivity contribution in [2.24, 2.45) is 0 Å². The molecule has 2 aromatic carbocycles. The van der Waals surface area contributed by atoms with Gasteiger partial charge in [0.1, 0.15) is 11.8 Å². The quantitative estimate of drug-likeness (QED) is 0.495. The Balaban J connectivity index is 2.41. The van der Waals surface area contributed by atoms with E-state index in [1.807, 2.05) is 0 Å². The van der Waals surface area contributed by atoms with E-state index in [2.05, 4.69) is 5.32 Å². The number of hydrogen-bond acceptors (Lipinski definition) is 6. The van der Waals surface area contributed by atoms with Crippen LogP contribution in [0.4, 0.5) is 17.1 Å². The summed E-state index contributed by atoms with van der Waals surface area (Å²) < 4.78 is 31.0. The summed E-state index contributed by atoms with van der Waals surface area (Å²) in [6.45, 7) is 1.65. The van der Waals surface area contributed by atoms with E-state index in [1.165, 1.54) is 49.6 Å². The molecule has 0 aliphatic rings. The van der Waals surface area contributed by atoms with Crippen molar-refractivity contribution in [1.29, 1.82) is 0 Å². The molecule has 1 unspecified atom stereocenters. The van der Waals surface area contributed by atoms with Gasteiger partial charge in [-0.2, -0.15) is 0 Å². The van der Waals surface area contributed by atoms with Gasteiger partial charge in [0.2, 0.25) is 15.9 Å². The standard InChI is InChI=1S/C18H20ClN3O6S/c1-4-16(18(23)20-12-6-5-7-14(10-12)22(24)25)21(29(3,26)27)13-8-9-17(28-2)15(19)11-13/h5-11,16H,4H2,1-3H3,(H,20,23). The molecule has 1 atom stereocenters. The molecule has 0 fully saturated rings. The first-order valence-corrected chi connectivity index (χ1v) is 10.7. The maximum Gasteiger partial charge on any atom is 0.271 e. The Bertz CT molecular complexity index is 1030. The van der Waals surface area contributed by atoms with Gasteiger partial charge in [0.25, 0.3) is 5.69 Å². The number of non-ortho nitro benzene ring substituents is 1. The molecule has 0 saturated heterocycles. The highest BCUT2D eigenvalue weighted by Crippen LogP contribution is 2.32. The second-order valence-corrected chi connectivity index (χ2v) is 8.37. The minimum absolute atomic E-state index is 0.150. The molecule has 0 radical (unpaired) electrons. The number of nitrogens with one attached hydrogen (secondary N) is 1. The molecule has 9 nitrogen and oxygen atoms in total. The fraction of sp³-hybridized carbons (Fsp3) is 0.278. The van der Waals surface area contributed by atoms with Crippen molar-refractivity contribution in [1.82, 2.24) is 0 Å². The van der Waals surface area contributed by atoms with E-state index in [0.717, 1.165) is 10.6 Å². The first-order chi connectivity index (χ1) is 13.6. The molecule has 156 valence electrons. The predicted octanol–water partition coefficient (Wildman–Crippen LogP) is 3.44. The molecular formula is C18H20ClN3O6S. The summed E-state index contributed by atoms with van der Waals surface area (Å²) in [5.74, 6) is -0.275. The van der Waals surface area contributed by atoms with Gasteiger partial charge in [-0.3, -0.25) is 19.2 Å². The van der Waals surface area contributed by atoms with Crippen LogP contribution in [0.15, 0.2) is 42.5 Å². The van der Waals surface area contributed by atoms with E-state index in [1.54, 1.807) is 6.92 Å². The van der Waals surface area contributed by atoms with Crippen LogP contribution in [-0.4, -0.2) is 38.7 Å². The SMILES string of the molecule is CCC(C(=O)Nc1cccc([N+](=O)[O-])c1)N(c1ccc(OC)c(Cl)c1)S(C)(=O)=O. The molecular weight excluding hydrogens is 422 g/mol. The van der Waals surface area contributed by atoms with Gasteiger partial charge < -0.3 is 10.1 Å². The summed E-state index contributed by atoms with van der Waals surface area (Å²) in [5, 5.41) is 13.6. The van der Waals surface area contributed by atoms with Crippen molar-refractivity contribution in [2.45, 2.75) is 19.4 Å². The summed E-state index contributed by atoms with van der Waals surface area (Å²) >= 11 is 6.12. The average molecular weight is 442 g/mol. The number of halogens is 1. The van der Waals surface area contributed by atoms with E-state index in [4.69, 9.17) is 16.3 Å². The Labute approximate surface area is 173 Å². The van der Waals surface area contributed by atoms with Gasteiger partial charge in [0.05, 0.1) is 29.0 Å². The molecule has 29 heavy (non-hydrogen) atoms. The van der Waals surface area contributed by atoms with E-state index < -0.39 is 26.9 Å². The number of anilines is 2. The number of amides is 1. The molecule has 0 aromatic heterocycles. The third-order valence-corrected chi connectivity index (χ3v) is 5.52. The predicted molar refractivity (Wildman–Crippen MR) is 111 cm³/mol. The number of hydrogen-bond donors (Lipinski definition) is 1. The Hall–Kier alpha value is -2.85. The summed E-state index contributed by atoms with van der Waals surface area (Å²) in [6, 6.07) is 8.66. The smallest absolute Gasteiger partial charge is 0.271 e. The van der Waals surface area contributed by atoms with Crippen LogP contribution in [-0.2, 0) is 14.8 Å². The van der Waals surface area contributed by atoms with Crippen molar-refractivity contribution in [3.63, 3.8) is 0 Å². The summed E-state index contributed by atoms with van der Waals surface area (Å²) in [4.78, 5) is 23.2. The zero-order valence-electron chi connectivity index (χ0n) is 16.0. The monoisotopic (exact) mass is 441 g/mol. The van der Waals surface area contributed by atoms with Gasteiger partial charge in [-0.05, 0) is 30.7 Å². The highest BCUT2D eigenvalue weighted by atomic mass is 35.5. The summed E-state index contributed by atoms with van der Waals surface area (Å²) in [5.41, 5.74) is 0.181. The molecule has 2 aromatic rings. The van der Waals surface area contributed by atoms with Gasteiger partial charge in [-0.15, -0.1) is 0 Å². The molecule has 0 saturated carbocycles. The van der Waals surface area contributed by atoms with Crippen molar-refractivity contribution in [2.75, 3.05) is 23.0 Å². The van der Waals surface area contributed by atoms with Crippen LogP contribution in [0.5, 0.6) is 5.75 Å². The average Bonchev–Trinajstić information content (AvgIpc) is 2.65. The number of ether oxygens (including phenoxy) is 1. The number of sulfonamides is 1. The highest BCUT2D eigenvalue weighted by Gasteiger charge is 2.32. The fourth-order valence-corrected chi connectivity index (χ4v) is 4.23. The number of nitro groups is 1. The first-order valence-electron chi connectivity index (χ1n) is 8.46. The number of methoxy groups -OCH3 is 1. The number of nitro benzene ring substituents is 1. The van der Waals surface area contributed by atoms with Crippen LogP contribution in [0.25, 0.3) is 0 Å². The third kappa shape index (κ3) is 5.36. The maximum atomic E-state index is 12.8. The van der Waals surface area contributed by atoms with E-state index >= 15 is 0 Å². The molecule has 0 aliphatic heterocycles. The number of rotatable bonds is 8. The van der Waals surface area contributed by atoms with Crippen molar-refractivity contribution in [3.8, 4) is 5.75 Å². The first kappa shape index (κ1) is 22.4. The summed E-state index contributed by atoms with van der Waals surface area (Å²) in [6.07, 6.45) is 1.13. The molecule has 0 bridgehead atoms. The third-order valence-electron chi connectivity index (χ3n) is 4.04. The minimum atomic E-state index is -3.86. The fourth-order valence-electron chi connectivity index (χ4n) is 2.78. The van der Waals surface area contributed by atoms with Crippen LogP contribution in [0.2, 0.25) is 5.02 Å². The van der Waals surface area contributed by atoms with Crippen molar-refractivity contribution < 1.29 is 22.9 Å². The van der Waals surface area contributed by atoms with Crippen LogP contribution in [0.1, 0.15) is 13.3 Å². The lowest BCUT2D eigenvalue weighted by Crippen LogP contribution is -2.47. The van der Waals surface area contributed by atoms with Gasteiger partial charge in [-0.25, -0.2) is 8.42 Å². The lowest BCUT2D eigenvalue weighted by atomic mass is 10.1. The minimum Gasteiger partial charge on any atom is -0.495 e. The van der Waals surface area contributed by atoms with E-state index in [9.17, 15) is 23.3 Å². The largest absolute Gasteiger partial charge is 0.495 e. The lowest BCUT2D eigenvalue weighted by molar-refractivity contribution is -0.384. The zero-order chi connectivity index (χ0) is 21.8. The molecule has 0 aliphatic carbocycles. The Morgan fingerprint density at radius 2 is 2.00 bits per heavy atom. The second-order valence-electron chi connectivity index (χ2n) is 6.10. The number of carbonyl (C=O) groups excluding carboxylic acids is 1. The van der Waals surface area contributed by atoms with Gasteiger partial charge in [0, 0.05) is 17.8 Å². The Morgan fingerprint density at radius 3 is 2.52 bits per heavy atom. The molecule has 1 amide bonds. The highest BCUT2D eigenvalue weighted by molar-refractivity contribution is 7.92. The van der Waals surface area contributed by atoms with Crippen LogP contribution in [0, 0.1) is 10.1 Å². The number of nitrogens with zero attached hydrogens (tertiary/aromatic N) is 2. The Morgan fingerprint density at radius 1 is 1.31 bits per heavy atom. The van der Waals surface area contributed by atoms with Crippen molar-refractivity contribution in [3.05, 3.63) is 57.6 Å². The van der Waals surface area contributed by atoms with E-state index in [0.29, 0.717) is 5.75 Å². The van der Waals surface area contributed by atoms with Gasteiger partial charge in [-0.1, -0.05) is 24.6 Å². The maximum absolute atomic E-state index is 12.8. The zero-order valence-corrected chi connectivity index (χ0v) is 17.5. The lowest BCUT2D eigenvalue weighted by Gasteiger charge is -2.30. The van der Waals surface area contributed by atoms with Crippen LogP contribution in [0.3, 0.4) is 0 Å².